The van der Waals surface area contributed by atoms with E-state index in [0.717, 1.165) is 17.8 Å². The number of hydrogen-bond donors (Lipinski definition) is 2. The third-order valence-electron chi connectivity index (χ3n) is 3.28. The van der Waals surface area contributed by atoms with Crippen molar-refractivity contribution in [2.24, 2.45) is 0 Å². The maximum absolute atomic E-state index is 12.0. The Kier molecular flexibility index (Phi) is 8.32. The predicted octanol–water partition coefficient (Wildman–Crippen LogP) is 1.57. The fraction of sp³-hybridized carbons (Fsp3) is 0.375. The Morgan fingerprint density at radius 1 is 1.26 bits per heavy atom. The maximum atomic E-state index is 12.0. The number of aromatic nitrogens is 2. The second-order valence-corrected chi connectivity index (χ2v) is 4.96. The zero-order chi connectivity index (χ0) is 15.8. The van der Waals surface area contributed by atoms with E-state index in [1.165, 1.54) is 0 Å². The highest BCUT2D eigenvalue weighted by Crippen LogP contribution is 2.12. The van der Waals surface area contributed by atoms with Crippen LogP contribution >= 0.6 is 12.4 Å². The van der Waals surface area contributed by atoms with Crippen molar-refractivity contribution in [3.63, 3.8) is 0 Å². The number of carbonyl (C=O) groups is 1. The number of hydrogen-bond acceptors (Lipinski definition) is 4. The van der Waals surface area contributed by atoms with Crippen LogP contribution in [-0.2, 0) is 4.74 Å². The van der Waals surface area contributed by atoms with Crippen molar-refractivity contribution in [3.8, 4) is 5.69 Å². The molecule has 1 amide bonds. The van der Waals surface area contributed by atoms with Gasteiger partial charge in [-0.1, -0.05) is 18.2 Å². The lowest BCUT2D eigenvalue weighted by molar-refractivity contribution is 0.0953. The minimum absolute atomic E-state index is 0. The molecule has 0 saturated heterocycles. The summed E-state index contributed by atoms with van der Waals surface area (Å²) < 4.78 is 6.66. The second kappa shape index (κ2) is 9.99. The minimum Gasteiger partial charge on any atom is -0.383 e. The van der Waals surface area contributed by atoms with Crippen LogP contribution in [0.5, 0.6) is 0 Å². The molecule has 1 aromatic heterocycles. The molecule has 2 aromatic rings. The molecule has 0 saturated carbocycles. The average Bonchev–Trinajstić information content (AvgIpc) is 3.01. The van der Waals surface area contributed by atoms with Gasteiger partial charge in [0.25, 0.3) is 5.91 Å². The zero-order valence-corrected chi connectivity index (χ0v) is 14.2. The molecule has 126 valence electrons. The lowest BCUT2D eigenvalue weighted by Crippen LogP contribution is -2.32. The molecule has 0 aliphatic rings. The van der Waals surface area contributed by atoms with Gasteiger partial charge in [-0.05, 0) is 18.6 Å². The molecule has 0 unspecified atom stereocenters. The Labute approximate surface area is 142 Å². The Morgan fingerprint density at radius 3 is 2.78 bits per heavy atom. The first-order valence-corrected chi connectivity index (χ1v) is 7.31. The first-order valence-electron chi connectivity index (χ1n) is 7.31. The summed E-state index contributed by atoms with van der Waals surface area (Å²) in [5, 5.41) is 10.3. The molecule has 0 aliphatic carbocycles. The number of carbonyl (C=O) groups excluding carboxylic acids is 1. The second-order valence-electron chi connectivity index (χ2n) is 4.96. The molecule has 0 spiro atoms. The van der Waals surface area contributed by atoms with Crippen LogP contribution in [0.2, 0.25) is 0 Å². The summed E-state index contributed by atoms with van der Waals surface area (Å²) in [7, 11) is 1.66. The van der Waals surface area contributed by atoms with Crippen LogP contribution in [-0.4, -0.2) is 49.0 Å². The van der Waals surface area contributed by atoms with Crippen LogP contribution in [0.4, 0.5) is 0 Å². The number of nitrogens with one attached hydrogen (secondary N) is 2. The van der Waals surface area contributed by atoms with Gasteiger partial charge in [0.05, 0.1) is 24.1 Å². The van der Waals surface area contributed by atoms with Crippen molar-refractivity contribution in [1.29, 1.82) is 0 Å². The van der Waals surface area contributed by atoms with Crippen LogP contribution in [0, 0.1) is 6.92 Å². The van der Waals surface area contributed by atoms with Crippen LogP contribution in [0.3, 0.4) is 0 Å². The summed E-state index contributed by atoms with van der Waals surface area (Å²) >= 11 is 0. The van der Waals surface area contributed by atoms with Crippen molar-refractivity contribution in [2.45, 2.75) is 6.92 Å². The quantitative estimate of drug-likeness (QED) is 0.717. The van der Waals surface area contributed by atoms with Crippen LogP contribution in [0.15, 0.2) is 36.7 Å². The maximum Gasteiger partial charge on any atom is 0.254 e. The van der Waals surface area contributed by atoms with Gasteiger partial charge < -0.3 is 15.4 Å². The standard InChI is InChI=1S/C16H22N4O2.ClH/c1-13-5-3-4-6-15(13)20-12-14(11-19-20)16(21)18-8-7-17-9-10-22-2;/h3-6,11-12,17H,7-10H2,1-2H3,(H,18,21);1H. The lowest BCUT2D eigenvalue weighted by Gasteiger charge is -2.06. The fourth-order valence-electron chi connectivity index (χ4n) is 2.06. The van der Waals surface area contributed by atoms with Gasteiger partial charge in [0.15, 0.2) is 0 Å². The molecule has 2 N–H and O–H groups in total. The molecule has 0 aliphatic heterocycles. The molecule has 1 aromatic carbocycles. The van der Waals surface area contributed by atoms with Crippen molar-refractivity contribution < 1.29 is 9.53 Å². The topological polar surface area (TPSA) is 68.2 Å². The SMILES string of the molecule is COCCNCCNC(=O)c1cnn(-c2ccccc2C)c1.Cl. The van der Waals surface area contributed by atoms with Crippen molar-refractivity contribution in [2.75, 3.05) is 33.4 Å². The highest BCUT2D eigenvalue weighted by molar-refractivity contribution is 5.93. The van der Waals surface area contributed by atoms with Crippen LogP contribution in [0.1, 0.15) is 15.9 Å². The number of aryl methyl sites for hydroxylation is 1. The first kappa shape index (κ1) is 19.2. The largest absolute Gasteiger partial charge is 0.383 e. The number of rotatable bonds is 8. The van der Waals surface area contributed by atoms with Gasteiger partial charge in [-0.25, -0.2) is 4.68 Å². The fourth-order valence-corrected chi connectivity index (χ4v) is 2.06. The van der Waals surface area contributed by atoms with E-state index in [4.69, 9.17) is 4.74 Å². The third kappa shape index (κ3) is 5.67. The molecule has 0 radical (unpaired) electrons. The Balaban J connectivity index is 0.00000264. The van der Waals surface area contributed by atoms with Gasteiger partial charge in [0, 0.05) is 32.9 Å². The highest BCUT2D eigenvalue weighted by Gasteiger charge is 2.09. The molecular weight excluding hydrogens is 316 g/mol. The molecule has 0 atom stereocenters. The predicted molar refractivity (Wildman–Crippen MR) is 92.6 cm³/mol. The number of nitrogens with zero attached hydrogens (tertiary/aromatic N) is 2. The van der Waals surface area contributed by atoms with E-state index in [-0.39, 0.29) is 18.3 Å². The molecule has 0 bridgehead atoms. The molecule has 6 nitrogen and oxygen atoms in total. The number of benzene rings is 1. The van der Waals surface area contributed by atoms with Crippen molar-refractivity contribution in [1.82, 2.24) is 20.4 Å². The summed E-state index contributed by atoms with van der Waals surface area (Å²) in [6, 6.07) is 7.92. The van der Waals surface area contributed by atoms with Gasteiger partial charge in [-0.15, -0.1) is 12.4 Å². The summed E-state index contributed by atoms with van der Waals surface area (Å²) in [5.41, 5.74) is 2.64. The van der Waals surface area contributed by atoms with E-state index in [9.17, 15) is 4.79 Å². The summed E-state index contributed by atoms with van der Waals surface area (Å²) in [5.74, 6) is -0.117. The monoisotopic (exact) mass is 338 g/mol. The molecular formula is C16H23ClN4O2. The van der Waals surface area contributed by atoms with E-state index in [1.807, 2.05) is 31.2 Å². The first-order chi connectivity index (χ1) is 10.7. The highest BCUT2D eigenvalue weighted by atomic mass is 35.5. The Hall–Kier alpha value is -1.89. The number of halogens is 1. The van der Waals surface area contributed by atoms with Gasteiger partial charge in [0.2, 0.25) is 0 Å². The van der Waals surface area contributed by atoms with E-state index in [2.05, 4.69) is 15.7 Å². The molecule has 23 heavy (non-hydrogen) atoms. The van der Waals surface area contributed by atoms with Crippen LogP contribution < -0.4 is 10.6 Å². The van der Waals surface area contributed by atoms with Gasteiger partial charge in [-0.3, -0.25) is 4.79 Å². The minimum atomic E-state index is -0.117. The molecule has 7 heteroatoms. The number of ether oxygens (including phenoxy) is 1. The van der Waals surface area contributed by atoms with E-state index in [0.29, 0.717) is 25.3 Å². The normalized spacial score (nSPS) is 10.2. The lowest BCUT2D eigenvalue weighted by atomic mass is 10.2. The number of methoxy groups -OCH3 is 1. The molecule has 0 fully saturated rings. The van der Waals surface area contributed by atoms with E-state index < -0.39 is 0 Å². The van der Waals surface area contributed by atoms with Crippen molar-refractivity contribution >= 4 is 18.3 Å². The van der Waals surface area contributed by atoms with Gasteiger partial charge in [-0.2, -0.15) is 5.10 Å². The van der Waals surface area contributed by atoms with Crippen molar-refractivity contribution in [3.05, 3.63) is 47.8 Å². The van der Waals surface area contributed by atoms with Gasteiger partial charge in [0.1, 0.15) is 0 Å². The van der Waals surface area contributed by atoms with Crippen LogP contribution in [0.25, 0.3) is 5.69 Å². The number of amides is 1. The summed E-state index contributed by atoms with van der Waals surface area (Å²) in [4.78, 5) is 12.0. The van der Waals surface area contributed by atoms with E-state index in [1.54, 1.807) is 24.2 Å². The third-order valence-corrected chi connectivity index (χ3v) is 3.28. The molecule has 1 heterocycles. The Bertz CT molecular complexity index is 616. The average molecular weight is 339 g/mol. The summed E-state index contributed by atoms with van der Waals surface area (Å²) in [6.07, 6.45) is 3.33. The smallest absolute Gasteiger partial charge is 0.254 e. The van der Waals surface area contributed by atoms with Gasteiger partial charge >= 0.3 is 0 Å². The zero-order valence-electron chi connectivity index (χ0n) is 13.4. The molecule has 2 rings (SSSR count). The van der Waals surface area contributed by atoms with E-state index >= 15 is 0 Å². The number of para-hydroxylation sites is 1. The Morgan fingerprint density at radius 2 is 2.04 bits per heavy atom. The summed E-state index contributed by atoms with van der Waals surface area (Å²) in [6.45, 7) is 4.73.